The van der Waals surface area contributed by atoms with Crippen LogP contribution < -0.4 is 0 Å². The number of amides is 2. The molecule has 0 N–H and O–H groups in total. The van der Waals surface area contributed by atoms with Gasteiger partial charge in [0.05, 0.1) is 30.1 Å². The zero-order valence-electron chi connectivity index (χ0n) is 26.5. The fourth-order valence-corrected chi connectivity index (χ4v) is 5.29. The molecule has 0 radical (unpaired) electrons. The fourth-order valence-electron chi connectivity index (χ4n) is 5.08. The molecule has 0 spiro atoms. The molecule has 232 valence electrons. The number of aromatic nitrogens is 4. The summed E-state index contributed by atoms with van der Waals surface area (Å²) in [6, 6.07) is -0.422. The van der Waals surface area contributed by atoms with E-state index in [9.17, 15) is 14.4 Å². The van der Waals surface area contributed by atoms with Gasteiger partial charge >= 0.3 is 12.1 Å². The summed E-state index contributed by atoms with van der Waals surface area (Å²) < 4.78 is 12.7. The number of nitrogens with zero attached hydrogens (tertiary/aromatic N) is 6. The number of esters is 1. The van der Waals surface area contributed by atoms with E-state index in [-0.39, 0.29) is 53.6 Å². The number of hydrogen-bond acceptors (Lipinski definition) is 8. The molecule has 3 rings (SSSR count). The van der Waals surface area contributed by atoms with Gasteiger partial charge in [-0.15, -0.1) is 0 Å². The number of hydrogen-bond donors (Lipinski definition) is 0. The highest BCUT2D eigenvalue weighted by Gasteiger charge is 2.40. The summed E-state index contributed by atoms with van der Waals surface area (Å²) in [5.74, 6) is -0.481. The average Bonchev–Trinajstić information content (AvgIpc) is 3.26. The van der Waals surface area contributed by atoms with E-state index >= 15 is 0 Å². The average molecular weight is 605 g/mol. The van der Waals surface area contributed by atoms with Crippen molar-refractivity contribution in [3.63, 3.8) is 0 Å². The highest BCUT2D eigenvalue weighted by Crippen LogP contribution is 2.34. The summed E-state index contributed by atoms with van der Waals surface area (Å²) in [5.41, 5.74) is 0.121. The van der Waals surface area contributed by atoms with Gasteiger partial charge in [0.2, 0.25) is 0 Å². The predicted octanol–water partition coefficient (Wildman–Crippen LogP) is 5.23. The molecule has 0 saturated carbocycles. The Balaban J connectivity index is 2.07. The number of rotatable bonds is 7. The summed E-state index contributed by atoms with van der Waals surface area (Å²) in [6.07, 6.45) is 2.95. The Morgan fingerprint density at radius 1 is 1.10 bits per heavy atom. The lowest BCUT2D eigenvalue weighted by Gasteiger charge is -2.43. The quantitative estimate of drug-likeness (QED) is 0.311. The van der Waals surface area contributed by atoms with Crippen molar-refractivity contribution in [3.05, 3.63) is 40.2 Å². The SMILES string of the molecule is CCOC(=O)c1cnn(C)c1[C@@H]1C[C@H](N(CC(C)C)C(=O)c2cnc(C(C)(C)C)nc2Cl)CN(C(=O)OC(C)(C)C)C1. The molecule has 2 aromatic heterocycles. The summed E-state index contributed by atoms with van der Waals surface area (Å²) in [4.78, 5) is 52.6. The first-order valence-corrected chi connectivity index (χ1v) is 14.8. The number of carbonyl (C=O) groups is 3. The highest BCUT2D eigenvalue weighted by atomic mass is 35.5. The zero-order chi connectivity index (χ0) is 31.6. The van der Waals surface area contributed by atoms with Gasteiger partial charge in [-0.2, -0.15) is 5.10 Å². The third kappa shape index (κ3) is 7.99. The third-order valence-electron chi connectivity index (χ3n) is 6.85. The van der Waals surface area contributed by atoms with Crippen LogP contribution in [0.5, 0.6) is 0 Å². The van der Waals surface area contributed by atoms with Crippen molar-refractivity contribution in [1.29, 1.82) is 0 Å². The van der Waals surface area contributed by atoms with Gasteiger partial charge in [-0.1, -0.05) is 46.2 Å². The number of ether oxygens (including phenoxy) is 2. The van der Waals surface area contributed by atoms with Crippen LogP contribution in [0.25, 0.3) is 0 Å². The molecule has 1 aliphatic heterocycles. The first kappa shape index (κ1) is 33.3. The van der Waals surface area contributed by atoms with E-state index in [2.05, 4.69) is 15.1 Å². The smallest absolute Gasteiger partial charge is 0.410 e. The molecule has 11 nitrogen and oxygen atoms in total. The van der Waals surface area contributed by atoms with Gasteiger partial charge in [-0.3, -0.25) is 9.48 Å². The molecule has 2 amide bonds. The summed E-state index contributed by atoms with van der Waals surface area (Å²) in [7, 11) is 1.75. The van der Waals surface area contributed by atoms with Crippen LogP contribution in [0.2, 0.25) is 5.15 Å². The molecule has 1 aliphatic rings. The highest BCUT2D eigenvalue weighted by molar-refractivity contribution is 6.32. The van der Waals surface area contributed by atoms with Crippen molar-refractivity contribution in [2.24, 2.45) is 13.0 Å². The number of piperidine rings is 1. The predicted molar refractivity (Wildman–Crippen MR) is 160 cm³/mol. The van der Waals surface area contributed by atoms with Crippen LogP contribution in [0.4, 0.5) is 4.79 Å². The van der Waals surface area contributed by atoms with Crippen molar-refractivity contribution >= 4 is 29.6 Å². The molecule has 1 fully saturated rings. The maximum Gasteiger partial charge on any atom is 0.410 e. The number of aryl methyl sites for hydroxylation is 1. The minimum Gasteiger partial charge on any atom is -0.462 e. The van der Waals surface area contributed by atoms with Crippen LogP contribution >= 0.6 is 11.6 Å². The topological polar surface area (TPSA) is 120 Å². The maximum absolute atomic E-state index is 14.1. The second kappa shape index (κ2) is 13.0. The van der Waals surface area contributed by atoms with Crippen molar-refractivity contribution in [2.45, 2.75) is 91.7 Å². The second-order valence-corrected chi connectivity index (χ2v) is 13.6. The molecule has 0 bridgehead atoms. The summed E-state index contributed by atoms with van der Waals surface area (Å²) >= 11 is 6.57. The molecule has 0 aromatic carbocycles. The first-order valence-electron chi connectivity index (χ1n) is 14.4. The molecule has 3 heterocycles. The Morgan fingerprint density at radius 3 is 2.31 bits per heavy atom. The Hall–Kier alpha value is -3.21. The monoisotopic (exact) mass is 604 g/mol. The van der Waals surface area contributed by atoms with Crippen molar-refractivity contribution in [3.8, 4) is 0 Å². The van der Waals surface area contributed by atoms with E-state index in [0.717, 1.165) is 0 Å². The van der Waals surface area contributed by atoms with E-state index in [1.807, 2.05) is 55.4 Å². The lowest BCUT2D eigenvalue weighted by molar-refractivity contribution is 0.00601. The van der Waals surface area contributed by atoms with Gasteiger partial charge in [0.25, 0.3) is 5.91 Å². The number of halogens is 1. The standard InChI is InChI=1S/C30H45ClN6O5/c1-11-41-26(39)21-14-33-35(10)23(21)19-12-20(17-36(16-19)28(40)42-30(7,8)9)37(15-18(2)3)25(38)22-13-32-27(29(4,5)6)34-24(22)31/h13-14,18-20H,11-12,15-17H2,1-10H3/t19-,20+/m1/s1. The van der Waals surface area contributed by atoms with Crippen molar-refractivity contribution < 1.29 is 23.9 Å². The van der Waals surface area contributed by atoms with Crippen molar-refractivity contribution in [1.82, 2.24) is 29.5 Å². The molecular formula is C30H45ClN6O5. The molecule has 0 unspecified atom stereocenters. The van der Waals surface area contributed by atoms with E-state index < -0.39 is 23.7 Å². The van der Waals surface area contributed by atoms with Crippen LogP contribution in [-0.2, 0) is 21.9 Å². The Kier molecular flexibility index (Phi) is 10.3. The lowest BCUT2D eigenvalue weighted by atomic mass is 9.88. The third-order valence-corrected chi connectivity index (χ3v) is 7.14. The Morgan fingerprint density at radius 2 is 1.76 bits per heavy atom. The fraction of sp³-hybridized carbons (Fsp3) is 0.667. The molecule has 0 aliphatic carbocycles. The van der Waals surface area contributed by atoms with Gasteiger partial charge < -0.3 is 19.3 Å². The van der Waals surface area contributed by atoms with Gasteiger partial charge in [-0.25, -0.2) is 19.6 Å². The molecule has 2 aromatic rings. The van der Waals surface area contributed by atoms with Crippen LogP contribution in [0.3, 0.4) is 0 Å². The van der Waals surface area contributed by atoms with Gasteiger partial charge in [0, 0.05) is 44.2 Å². The molecule has 2 atom stereocenters. The van der Waals surface area contributed by atoms with Gasteiger partial charge in [0.1, 0.15) is 22.1 Å². The maximum atomic E-state index is 14.1. The molecule has 1 saturated heterocycles. The van der Waals surface area contributed by atoms with Crippen LogP contribution in [-0.4, -0.2) is 85.4 Å². The minimum absolute atomic E-state index is 0.0845. The van der Waals surface area contributed by atoms with Crippen LogP contribution in [0, 0.1) is 5.92 Å². The Labute approximate surface area is 253 Å². The van der Waals surface area contributed by atoms with Crippen LogP contribution in [0.15, 0.2) is 12.4 Å². The molecular weight excluding hydrogens is 560 g/mol. The van der Waals surface area contributed by atoms with Gasteiger partial charge in [-0.05, 0) is 40.0 Å². The van der Waals surface area contributed by atoms with E-state index in [1.54, 1.807) is 28.5 Å². The van der Waals surface area contributed by atoms with Gasteiger partial charge in [0.15, 0.2) is 0 Å². The number of carbonyl (C=O) groups excluding carboxylic acids is 3. The van der Waals surface area contributed by atoms with E-state index in [4.69, 9.17) is 21.1 Å². The van der Waals surface area contributed by atoms with Crippen LogP contribution in [0.1, 0.15) is 107 Å². The Bertz CT molecular complexity index is 1300. The van der Waals surface area contributed by atoms with E-state index in [0.29, 0.717) is 30.0 Å². The first-order chi connectivity index (χ1) is 19.4. The summed E-state index contributed by atoms with van der Waals surface area (Å²) in [5, 5.41) is 4.42. The zero-order valence-corrected chi connectivity index (χ0v) is 27.3. The van der Waals surface area contributed by atoms with E-state index in [1.165, 1.54) is 12.4 Å². The van der Waals surface area contributed by atoms with Crippen molar-refractivity contribution in [2.75, 3.05) is 26.2 Å². The lowest BCUT2D eigenvalue weighted by Crippen LogP contribution is -2.55. The number of likely N-dealkylation sites (tertiary alicyclic amines) is 1. The second-order valence-electron chi connectivity index (χ2n) is 13.3. The summed E-state index contributed by atoms with van der Waals surface area (Å²) in [6.45, 7) is 18.3. The molecule has 42 heavy (non-hydrogen) atoms. The largest absolute Gasteiger partial charge is 0.462 e. The minimum atomic E-state index is -0.713. The molecule has 12 heteroatoms. The normalized spacial score (nSPS) is 17.8.